The molecule has 1 aromatic carbocycles. The second-order valence-electron chi connectivity index (χ2n) is 7.44. The molecule has 2 N–H and O–H groups in total. The number of nitrogens with zero attached hydrogens (tertiary/aromatic N) is 3. The number of hydrogen-bond donors (Lipinski definition) is 2. The molecule has 0 aromatic heterocycles. The third-order valence-electron chi connectivity index (χ3n) is 5.20. The van der Waals surface area contributed by atoms with Crippen molar-refractivity contribution in [3.05, 3.63) is 35.9 Å². The quantitative estimate of drug-likeness (QED) is 0.448. The van der Waals surface area contributed by atoms with Crippen LogP contribution in [-0.2, 0) is 11.3 Å². The summed E-state index contributed by atoms with van der Waals surface area (Å²) in [5, 5.41) is 13.6. The highest BCUT2D eigenvalue weighted by Gasteiger charge is 2.26. The molecule has 2 unspecified atom stereocenters. The molecular weight excluding hydrogens is 352 g/mol. The summed E-state index contributed by atoms with van der Waals surface area (Å²) >= 11 is 0. The second-order valence-corrected chi connectivity index (χ2v) is 7.44. The molecule has 1 heterocycles. The molecule has 6 heteroatoms. The van der Waals surface area contributed by atoms with E-state index in [-0.39, 0.29) is 0 Å². The summed E-state index contributed by atoms with van der Waals surface area (Å²) < 4.78 is 5.63. The number of benzene rings is 1. The van der Waals surface area contributed by atoms with Gasteiger partial charge in [0.25, 0.3) is 0 Å². The normalized spacial score (nSPS) is 18.7. The number of aliphatic hydroxyl groups is 1. The maximum atomic E-state index is 10.2. The fourth-order valence-corrected chi connectivity index (χ4v) is 3.58. The zero-order valence-corrected chi connectivity index (χ0v) is 17.8. The number of ether oxygens (including phenoxy) is 1. The van der Waals surface area contributed by atoms with Gasteiger partial charge in [-0.05, 0) is 37.9 Å². The van der Waals surface area contributed by atoms with E-state index in [9.17, 15) is 5.11 Å². The lowest BCUT2D eigenvalue weighted by Gasteiger charge is -2.24. The van der Waals surface area contributed by atoms with Crippen molar-refractivity contribution in [3.63, 3.8) is 0 Å². The van der Waals surface area contributed by atoms with Crippen LogP contribution in [0.25, 0.3) is 0 Å². The number of nitrogens with one attached hydrogen (secondary N) is 1. The molecule has 0 aliphatic carbocycles. The van der Waals surface area contributed by atoms with Crippen molar-refractivity contribution in [2.75, 3.05) is 52.4 Å². The van der Waals surface area contributed by atoms with Crippen LogP contribution >= 0.6 is 0 Å². The van der Waals surface area contributed by atoms with Gasteiger partial charge in [0, 0.05) is 26.2 Å². The monoisotopic (exact) mass is 390 g/mol. The van der Waals surface area contributed by atoms with Gasteiger partial charge < -0.3 is 25.0 Å². The van der Waals surface area contributed by atoms with E-state index in [4.69, 9.17) is 4.74 Å². The minimum absolute atomic E-state index is 0.294. The van der Waals surface area contributed by atoms with Crippen molar-refractivity contribution < 1.29 is 9.84 Å². The van der Waals surface area contributed by atoms with Crippen LogP contribution in [0.4, 0.5) is 0 Å². The topological polar surface area (TPSA) is 60.3 Å². The number of guanidine groups is 1. The SMILES string of the molecule is CCNC(=NCC(O)COCc1ccccc1)N1CCC(CN(CC)CC)C1. The summed E-state index contributed by atoms with van der Waals surface area (Å²) in [7, 11) is 0. The van der Waals surface area contributed by atoms with Crippen LogP contribution in [0.1, 0.15) is 32.8 Å². The Morgan fingerprint density at radius 1 is 1.29 bits per heavy atom. The smallest absolute Gasteiger partial charge is 0.194 e. The van der Waals surface area contributed by atoms with Crippen LogP contribution in [0.15, 0.2) is 35.3 Å². The minimum Gasteiger partial charge on any atom is -0.389 e. The lowest BCUT2D eigenvalue weighted by atomic mass is 10.1. The van der Waals surface area contributed by atoms with Crippen LogP contribution in [0.5, 0.6) is 0 Å². The molecule has 0 saturated carbocycles. The first-order chi connectivity index (χ1) is 13.7. The van der Waals surface area contributed by atoms with E-state index in [1.54, 1.807) is 0 Å². The third-order valence-corrected chi connectivity index (χ3v) is 5.20. The second kappa shape index (κ2) is 12.8. The Bertz CT molecular complexity index is 563. The highest BCUT2D eigenvalue weighted by Crippen LogP contribution is 2.17. The molecule has 1 fully saturated rings. The van der Waals surface area contributed by atoms with Crippen molar-refractivity contribution >= 4 is 5.96 Å². The fraction of sp³-hybridized carbons (Fsp3) is 0.682. The fourth-order valence-electron chi connectivity index (χ4n) is 3.58. The van der Waals surface area contributed by atoms with E-state index in [0.29, 0.717) is 25.7 Å². The Balaban J connectivity index is 1.77. The molecule has 1 aliphatic rings. The van der Waals surface area contributed by atoms with Gasteiger partial charge in [0.2, 0.25) is 0 Å². The van der Waals surface area contributed by atoms with Crippen molar-refractivity contribution in [1.82, 2.24) is 15.1 Å². The van der Waals surface area contributed by atoms with Gasteiger partial charge >= 0.3 is 0 Å². The number of aliphatic imine (C=N–C) groups is 1. The summed E-state index contributed by atoms with van der Waals surface area (Å²) in [6.45, 7) is 13.9. The number of hydrogen-bond acceptors (Lipinski definition) is 4. The van der Waals surface area contributed by atoms with Crippen molar-refractivity contribution in [1.29, 1.82) is 0 Å². The molecule has 2 atom stereocenters. The molecule has 1 aromatic rings. The molecule has 1 saturated heterocycles. The van der Waals surface area contributed by atoms with Crippen molar-refractivity contribution in [2.24, 2.45) is 10.9 Å². The number of likely N-dealkylation sites (tertiary alicyclic amines) is 1. The van der Waals surface area contributed by atoms with Crippen LogP contribution in [0, 0.1) is 5.92 Å². The van der Waals surface area contributed by atoms with Gasteiger partial charge in [-0.2, -0.15) is 0 Å². The molecule has 0 bridgehead atoms. The van der Waals surface area contributed by atoms with Crippen LogP contribution in [-0.4, -0.2) is 79.4 Å². The average Bonchev–Trinajstić information content (AvgIpc) is 3.18. The van der Waals surface area contributed by atoms with Crippen LogP contribution < -0.4 is 5.32 Å². The minimum atomic E-state index is -0.591. The lowest BCUT2D eigenvalue weighted by Crippen LogP contribution is -2.41. The first kappa shape index (κ1) is 22.7. The molecular formula is C22H38N4O2. The Hall–Kier alpha value is -1.63. The highest BCUT2D eigenvalue weighted by molar-refractivity contribution is 5.80. The van der Waals surface area contributed by atoms with Crippen LogP contribution in [0.3, 0.4) is 0 Å². The summed E-state index contributed by atoms with van der Waals surface area (Å²) in [6.07, 6.45) is 0.607. The largest absolute Gasteiger partial charge is 0.389 e. The standard InChI is InChI=1S/C22H38N4O2/c1-4-23-22(26-13-12-20(16-26)15-25(5-2)6-3)24-14-21(27)18-28-17-19-10-8-7-9-11-19/h7-11,20-21,27H,4-6,12-18H2,1-3H3,(H,23,24). The predicted molar refractivity (Wildman–Crippen MR) is 116 cm³/mol. The maximum Gasteiger partial charge on any atom is 0.194 e. The van der Waals surface area contributed by atoms with E-state index < -0.39 is 6.10 Å². The first-order valence-electron chi connectivity index (χ1n) is 10.7. The summed E-state index contributed by atoms with van der Waals surface area (Å²) in [4.78, 5) is 9.48. The van der Waals surface area contributed by atoms with Gasteiger partial charge in [-0.25, -0.2) is 0 Å². The van der Waals surface area contributed by atoms with E-state index in [2.05, 4.69) is 40.9 Å². The molecule has 2 rings (SSSR count). The summed E-state index contributed by atoms with van der Waals surface area (Å²) in [5.41, 5.74) is 1.11. The first-order valence-corrected chi connectivity index (χ1v) is 10.7. The van der Waals surface area contributed by atoms with E-state index in [1.165, 1.54) is 6.42 Å². The van der Waals surface area contributed by atoms with Crippen molar-refractivity contribution in [3.8, 4) is 0 Å². The Morgan fingerprint density at radius 2 is 2.04 bits per heavy atom. The van der Waals surface area contributed by atoms with Crippen LogP contribution in [0.2, 0.25) is 0 Å². The third kappa shape index (κ3) is 7.78. The Morgan fingerprint density at radius 3 is 2.71 bits per heavy atom. The number of rotatable bonds is 11. The highest BCUT2D eigenvalue weighted by atomic mass is 16.5. The molecule has 28 heavy (non-hydrogen) atoms. The lowest BCUT2D eigenvalue weighted by molar-refractivity contribution is 0.0330. The molecule has 6 nitrogen and oxygen atoms in total. The van der Waals surface area contributed by atoms with Gasteiger partial charge in [0.1, 0.15) is 0 Å². The maximum absolute atomic E-state index is 10.2. The molecule has 158 valence electrons. The molecule has 0 spiro atoms. The van der Waals surface area contributed by atoms with Gasteiger partial charge in [-0.15, -0.1) is 0 Å². The van der Waals surface area contributed by atoms with Gasteiger partial charge in [0.15, 0.2) is 5.96 Å². The average molecular weight is 391 g/mol. The zero-order valence-electron chi connectivity index (χ0n) is 17.8. The van der Waals surface area contributed by atoms with E-state index in [1.807, 2.05) is 30.3 Å². The molecule has 1 aliphatic heterocycles. The predicted octanol–water partition coefficient (Wildman–Crippen LogP) is 2.19. The molecule has 0 radical (unpaired) electrons. The van der Waals surface area contributed by atoms with E-state index >= 15 is 0 Å². The van der Waals surface area contributed by atoms with Gasteiger partial charge in [-0.1, -0.05) is 44.2 Å². The Labute approximate surface area is 170 Å². The van der Waals surface area contributed by atoms with Gasteiger partial charge in [0.05, 0.1) is 25.9 Å². The summed E-state index contributed by atoms with van der Waals surface area (Å²) in [6, 6.07) is 10.0. The zero-order chi connectivity index (χ0) is 20.2. The van der Waals surface area contributed by atoms with Gasteiger partial charge in [-0.3, -0.25) is 4.99 Å². The number of aliphatic hydroxyl groups excluding tert-OH is 1. The van der Waals surface area contributed by atoms with E-state index in [0.717, 1.165) is 50.8 Å². The Kier molecular flexibility index (Phi) is 10.3. The summed E-state index contributed by atoms with van der Waals surface area (Å²) in [5.74, 6) is 1.59. The molecule has 0 amide bonds. The van der Waals surface area contributed by atoms with Crippen molar-refractivity contribution in [2.45, 2.75) is 39.9 Å².